The fraction of sp³-hybridized carbons (Fsp3) is 0.350. The van der Waals surface area contributed by atoms with Gasteiger partial charge in [0, 0.05) is 18.3 Å². The van der Waals surface area contributed by atoms with Gasteiger partial charge in [0.25, 0.3) is 5.69 Å². The largest absolute Gasteiger partial charge is 0.494 e. The van der Waals surface area contributed by atoms with Crippen molar-refractivity contribution < 1.29 is 9.66 Å². The fourth-order valence-electron chi connectivity index (χ4n) is 2.36. The Balaban J connectivity index is 1.80. The Morgan fingerprint density at radius 1 is 1.00 bits per heavy atom. The molecule has 0 heterocycles. The van der Waals surface area contributed by atoms with E-state index in [-0.39, 0.29) is 5.69 Å². The number of nitro benzene ring substituents is 1. The van der Waals surface area contributed by atoms with E-state index >= 15 is 0 Å². The lowest BCUT2D eigenvalue weighted by molar-refractivity contribution is -0.384. The second-order valence-corrected chi connectivity index (χ2v) is 5.86. The zero-order valence-electron chi connectivity index (χ0n) is 14.6. The highest BCUT2D eigenvalue weighted by Gasteiger charge is 2.02. The average molecular weight is 340 g/mol. The third-order valence-corrected chi connectivity index (χ3v) is 3.82. The molecule has 0 aliphatic heterocycles. The number of rotatable bonds is 10. The third kappa shape index (κ3) is 6.75. The maximum Gasteiger partial charge on any atom is 0.269 e. The van der Waals surface area contributed by atoms with Crippen LogP contribution in [0.3, 0.4) is 0 Å². The van der Waals surface area contributed by atoms with Crippen molar-refractivity contribution >= 4 is 17.6 Å². The van der Waals surface area contributed by atoms with Crippen LogP contribution in [0.2, 0.25) is 0 Å². The first kappa shape index (κ1) is 18.6. The molecule has 5 heteroatoms. The molecule has 0 saturated carbocycles. The van der Waals surface area contributed by atoms with E-state index in [0.29, 0.717) is 0 Å². The van der Waals surface area contributed by atoms with Gasteiger partial charge >= 0.3 is 0 Å². The predicted octanol–water partition coefficient (Wildman–Crippen LogP) is 5.69. The van der Waals surface area contributed by atoms with E-state index in [2.05, 4.69) is 11.9 Å². The lowest BCUT2D eigenvalue weighted by Gasteiger charge is -2.06. The van der Waals surface area contributed by atoms with Crippen molar-refractivity contribution in [2.24, 2.45) is 4.99 Å². The van der Waals surface area contributed by atoms with Gasteiger partial charge in [-0.15, -0.1) is 0 Å². The number of benzene rings is 2. The molecule has 2 rings (SSSR count). The monoisotopic (exact) mass is 340 g/mol. The normalized spacial score (nSPS) is 10.9. The zero-order chi connectivity index (χ0) is 17.9. The van der Waals surface area contributed by atoms with Crippen LogP contribution in [0.1, 0.15) is 44.6 Å². The molecule has 0 aliphatic carbocycles. The van der Waals surface area contributed by atoms with Crippen molar-refractivity contribution in [3.05, 3.63) is 64.2 Å². The molecule has 0 atom stereocenters. The van der Waals surface area contributed by atoms with Gasteiger partial charge in [-0.1, -0.05) is 32.6 Å². The van der Waals surface area contributed by atoms with E-state index in [1.165, 1.54) is 37.8 Å². The highest BCUT2D eigenvalue weighted by Crippen LogP contribution is 2.19. The minimum atomic E-state index is -0.413. The van der Waals surface area contributed by atoms with Gasteiger partial charge in [0.2, 0.25) is 0 Å². The fourth-order valence-corrected chi connectivity index (χ4v) is 2.36. The van der Waals surface area contributed by atoms with Crippen LogP contribution in [0.5, 0.6) is 5.75 Å². The van der Waals surface area contributed by atoms with Crippen LogP contribution >= 0.6 is 0 Å². The number of ether oxygens (including phenoxy) is 1. The van der Waals surface area contributed by atoms with Gasteiger partial charge in [-0.2, -0.15) is 0 Å². The summed E-state index contributed by atoms with van der Waals surface area (Å²) in [4.78, 5) is 14.6. The Morgan fingerprint density at radius 2 is 1.68 bits per heavy atom. The molecule has 0 N–H and O–H groups in total. The highest BCUT2D eigenvalue weighted by molar-refractivity contribution is 5.82. The van der Waals surface area contributed by atoms with E-state index in [1.807, 2.05) is 24.3 Å². The van der Waals surface area contributed by atoms with Gasteiger partial charge in [0.1, 0.15) is 5.75 Å². The van der Waals surface area contributed by atoms with E-state index in [9.17, 15) is 10.1 Å². The topological polar surface area (TPSA) is 64.7 Å². The number of aliphatic imine (C=N–C) groups is 1. The lowest BCUT2D eigenvalue weighted by Crippen LogP contribution is -1.96. The summed E-state index contributed by atoms with van der Waals surface area (Å²) in [5, 5.41) is 10.6. The van der Waals surface area contributed by atoms with Crippen molar-refractivity contribution in [1.82, 2.24) is 0 Å². The van der Waals surface area contributed by atoms with E-state index in [1.54, 1.807) is 18.3 Å². The standard InChI is InChI=1S/C20H24N2O3/c1-2-3-4-5-6-15-25-20-13-9-18(10-14-20)21-16-17-7-11-19(12-8-17)22(23)24/h7-14,16H,2-6,15H2,1H3. The summed E-state index contributed by atoms with van der Waals surface area (Å²) in [6.07, 6.45) is 7.80. The molecular weight excluding hydrogens is 316 g/mol. The van der Waals surface area contributed by atoms with Crippen molar-refractivity contribution in [1.29, 1.82) is 0 Å². The van der Waals surface area contributed by atoms with Gasteiger partial charge in [-0.3, -0.25) is 15.1 Å². The summed E-state index contributed by atoms with van der Waals surface area (Å²) < 4.78 is 5.72. The maximum absolute atomic E-state index is 10.6. The number of non-ortho nitro benzene ring substituents is 1. The minimum absolute atomic E-state index is 0.0772. The Bertz CT molecular complexity index is 679. The molecule has 0 aliphatic rings. The Kier molecular flexibility index (Phi) is 7.63. The van der Waals surface area contributed by atoms with Crippen molar-refractivity contribution in [3.8, 4) is 5.75 Å². The molecule has 0 unspecified atom stereocenters. The molecule has 25 heavy (non-hydrogen) atoms. The smallest absolute Gasteiger partial charge is 0.269 e. The molecule has 0 aromatic heterocycles. The minimum Gasteiger partial charge on any atom is -0.494 e. The maximum atomic E-state index is 10.6. The first-order chi connectivity index (χ1) is 12.2. The van der Waals surface area contributed by atoms with Crippen LogP contribution in [0.4, 0.5) is 11.4 Å². The Labute approximate surface area is 148 Å². The quantitative estimate of drug-likeness (QED) is 0.241. The predicted molar refractivity (Wildman–Crippen MR) is 101 cm³/mol. The molecular formula is C20H24N2O3. The molecule has 0 radical (unpaired) electrons. The van der Waals surface area contributed by atoms with Crippen LogP contribution in [-0.2, 0) is 0 Å². The number of hydrogen-bond acceptors (Lipinski definition) is 4. The molecule has 0 fully saturated rings. The zero-order valence-corrected chi connectivity index (χ0v) is 14.6. The van der Waals surface area contributed by atoms with Gasteiger partial charge in [-0.25, -0.2) is 0 Å². The molecule has 0 bridgehead atoms. The molecule has 0 saturated heterocycles. The third-order valence-electron chi connectivity index (χ3n) is 3.82. The summed E-state index contributed by atoms with van der Waals surface area (Å²) >= 11 is 0. The Hall–Kier alpha value is -2.69. The first-order valence-electron chi connectivity index (χ1n) is 8.70. The van der Waals surface area contributed by atoms with Crippen molar-refractivity contribution in [2.45, 2.75) is 39.0 Å². The van der Waals surface area contributed by atoms with Crippen molar-refractivity contribution in [3.63, 3.8) is 0 Å². The highest BCUT2D eigenvalue weighted by atomic mass is 16.6. The second kappa shape index (κ2) is 10.2. The van der Waals surface area contributed by atoms with Crippen LogP contribution in [0.15, 0.2) is 53.5 Å². The summed E-state index contributed by atoms with van der Waals surface area (Å²) in [6.45, 7) is 2.96. The molecule has 2 aromatic rings. The first-order valence-corrected chi connectivity index (χ1v) is 8.70. The average Bonchev–Trinajstić information content (AvgIpc) is 2.64. The number of unbranched alkanes of at least 4 members (excludes halogenated alkanes) is 4. The number of nitro groups is 1. The Morgan fingerprint density at radius 3 is 2.32 bits per heavy atom. The van der Waals surface area contributed by atoms with Gasteiger partial charge < -0.3 is 4.74 Å². The van der Waals surface area contributed by atoms with Crippen LogP contribution < -0.4 is 4.74 Å². The summed E-state index contributed by atoms with van der Waals surface area (Å²) in [6, 6.07) is 13.9. The van der Waals surface area contributed by atoms with Crippen molar-refractivity contribution in [2.75, 3.05) is 6.61 Å². The van der Waals surface area contributed by atoms with Gasteiger partial charge in [0.05, 0.1) is 17.2 Å². The van der Waals surface area contributed by atoms with E-state index in [4.69, 9.17) is 4.74 Å². The second-order valence-electron chi connectivity index (χ2n) is 5.86. The molecule has 0 amide bonds. The van der Waals surface area contributed by atoms with Crippen LogP contribution in [0.25, 0.3) is 0 Å². The molecule has 132 valence electrons. The van der Waals surface area contributed by atoms with Gasteiger partial charge in [0.15, 0.2) is 0 Å². The molecule has 0 spiro atoms. The summed E-state index contributed by atoms with van der Waals surface area (Å²) in [5.74, 6) is 0.852. The van der Waals surface area contributed by atoms with E-state index < -0.39 is 4.92 Å². The summed E-state index contributed by atoms with van der Waals surface area (Å²) in [5.41, 5.74) is 1.71. The summed E-state index contributed by atoms with van der Waals surface area (Å²) in [7, 11) is 0. The SMILES string of the molecule is CCCCCCCOc1ccc(N=Cc2ccc([N+](=O)[O-])cc2)cc1. The van der Waals surface area contributed by atoms with Gasteiger partial charge in [-0.05, 0) is 48.4 Å². The number of hydrogen-bond donors (Lipinski definition) is 0. The van der Waals surface area contributed by atoms with Crippen LogP contribution in [0, 0.1) is 10.1 Å². The molecule has 2 aromatic carbocycles. The lowest BCUT2D eigenvalue weighted by atomic mass is 10.2. The van der Waals surface area contributed by atoms with E-state index in [0.717, 1.165) is 30.0 Å². The van der Waals surface area contributed by atoms with Crippen LogP contribution in [-0.4, -0.2) is 17.7 Å². The number of nitrogens with zero attached hydrogens (tertiary/aromatic N) is 2. The molecule has 5 nitrogen and oxygen atoms in total.